The van der Waals surface area contributed by atoms with Crippen LogP contribution in [0.3, 0.4) is 0 Å². The van der Waals surface area contributed by atoms with Gasteiger partial charge in [0.1, 0.15) is 5.75 Å². The Bertz CT molecular complexity index is 490. The molecule has 0 bridgehead atoms. The predicted octanol–water partition coefficient (Wildman–Crippen LogP) is 4.68. The summed E-state index contributed by atoms with van der Waals surface area (Å²) in [6.45, 7) is 4.69. The zero-order valence-electron chi connectivity index (χ0n) is 11.0. The van der Waals surface area contributed by atoms with Crippen LogP contribution in [-0.2, 0) is 11.3 Å². The second kappa shape index (κ2) is 4.86. The number of phenols is 1. The summed E-state index contributed by atoms with van der Waals surface area (Å²) in [6, 6.07) is 1.94. The van der Waals surface area contributed by atoms with E-state index in [2.05, 4.69) is 0 Å². The van der Waals surface area contributed by atoms with Crippen molar-refractivity contribution in [3.05, 3.63) is 29.3 Å². The average Bonchev–Trinajstić information content (AvgIpc) is 2.27. The summed E-state index contributed by atoms with van der Waals surface area (Å²) in [7, 11) is 0. The molecule has 1 nitrogen and oxygen atoms in total. The van der Waals surface area contributed by atoms with Gasteiger partial charge in [0.05, 0.1) is 0 Å². The van der Waals surface area contributed by atoms with E-state index in [4.69, 9.17) is 0 Å². The second-order valence-corrected chi connectivity index (χ2v) is 5.48. The van der Waals surface area contributed by atoms with Crippen LogP contribution in [0, 0.1) is 0 Å². The van der Waals surface area contributed by atoms with Crippen LogP contribution in [0.2, 0.25) is 0 Å². The Morgan fingerprint density at radius 2 is 1.50 bits per heavy atom. The van der Waals surface area contributed by atoms with Gasteiger partial charge in [-0.1, -0.05) is 20.8 Å². The molecule has 0 unspecified atom stereocenters. The molecule has 0 aromatic heterocycles. The molecule has 20 heavy (non-hydrogen) atoms. The van der Waals surface area contributed by atoms with Crippen LogP contribution in [0.15, 0.2) is 18.2 Å². The molecular weight excluding hydrogens is 286 g/mol. The average molecular weight is 300 g/mol. The molecule has 0 heterocycles. The fourth-order valence-corrected chi connectivity index (χ4v) is 1.66. The highest BCUT2D eigenvalue weighted by Crippen LogP contribution is 2.47. The highest BCUT2D eigenvalue weighted by Gasteiger charge is 2.63. The van der Waals surface area contributed by atoms with Crippen molar-refractivity contribution < 1.29 is 31.4 Å². The van der Waals surface area contributed by atoms with Gasteiger partial charge >= 0.3 is 18.3 Å². The molecule has 0 fully saturated rings. The molecular formula is C13H14F6O. The standard InChI is InChI=1S/C13H14F6O/c1-11(2,3)8-6-7(4-5-9(8)20)12(16,17)13(18,19)10(14)15/h4-6,10,20H,1-3H3. The molecule has 1 N–H and O–H groups in total. The Balaban J connectivity index is 3.41. The summed E-state index contributed by atoms with van der Waals surface area (Å²) in [5.41, 5.74) is -2.10. The molecule has 0 aliphatic heterocycles. The summed E-state index contributed by atoms with van der Waals surface area (Å²) in [5, 5.41) is 9.57. The van der Waals surface area contributed by atoms with Gasteiger partial charge in [0, 0.05) is 5.56 Å². The maximum atomic E-state index is 13.6. The van der Waals surface area contributed by atoms with E-state index in [0.29, 0.717) is 12.1 Å². The van der Waals surface area contributed by atoms with Crippen molar-refractivity contribution in [1.29, 1.82) is 0 Å². The van der Waals surface area contributed by atoms with Crippen molar-refractivity contribution in [3.8, 4) is 5.75 Å². The fourth-order valence-electron chi connectivity index (χ4n) is 1.66. The molecule has 114 valence electrons. The number of alkyl halides is 6. The quantitative estimate of drug-likeness (QED) is 0.803. The molecule has 0 saturated heterocycles. The number of aromatic hydroxyl groups is 1. The largest absolute Gasteiger partial charge is 0.508 e. The van der Waals surface area contributed by atoms with Crippen LogP contribution in [0.4, 0.5) is 26.3 Å². The summed E-state index contributed by atoms with van der Waals surface area (Å²) in [6.07, 6.45) is -4.50. The van der Waals surface area contributed by atoms with Crippen LogP contribution >= 0.6 is 0 Å². The van der Waals surface area contributed by atoms with Crippen LogP contribution < -0.4 is 0 Å². The molecule has 0 aliphatic carbocycles. The lowest BCUT2D eigenvalue weighted by Crippen LogP contribution is -2.44. The van der Waals surface area contributed by atoms with Crippen molar-refractivity contribution in [1.82, 2.24) is 0 Å². The van der Waals surface area contributed by atoms with E-state index in [1.54, 1.807) is 20.8 Å². The molecule has 7 heteroatoms. The van der Waals surface area contributed by atoms with Crippen molar-refractivity contribution in [2.45, 2.75) is 44.5 Å². The number of hydrogen-bond donors (Lipinski definition) is 1. The Morgan fingerprint density at radius 1 is 1.00 bits per heavy atom. The molecule has 0 atom stereocenters. The van der Waals surface area contributed by atoms with E-state index in [-0.39, 0.29) is 11.3 Å². The number of halogens is 6. The minimum Gasteiger partial charge on any atom is -0.508 e. The van der Waals surface area contributed by atoms with Crippen LogP contribution in [0.5, 0.6) is 5.75 Å². The van der Waals surface area contributed by atoms with E-state index >= 15 is 0 Å². The van der Waals surface area contributed by atoms with Gasteiger partial charge in [-0.3, -0.25) is 0 Å². The minimum absolute atomic E-state index is 0.0280. The molecule has 1 aromatic rings. The Kier molecular flexibility index (Phi) is 4.04. The predicted molar refractivity (Wildman–Crippen MR) is 61.7 cm³/mol. The summed E-state index contributed by atoms with van der Waals surface area (Å²) >= 11 is 0. The Morgan fingerprint density at radius 3 is 1.90 bits per heavy atom. The van der Waals surface area contributed by atoms with Crippen molar-refractivity contribution >= 4 is 0 Å². The lowest BCUT2D eigenvalue weighted by molar-refractivity contribution is -0.270. The first-order chi connectivity index (χ1) is 8.81. The summed E-state index contributed by atoms with van der Waals surface area (Å²) in [5.74, 6) is -10.9. The molecule has 0 aliphatic rings. The molecule has 0 amide bonds. The van der Waals surface area contributed by atoms with E-state index in [1.807, 2.05) is 0 Å². The fraction of sp³-hybridized carbons (Fsp3) is 0.538. The molecule has 1 aromatic carbocycles. The number of rotatable bonds is 3. The van der Waals surface area contributed by atoms with Gasteiger partial charge in [0.25, 0.3) is 0 Å². The zero-order valence-corrected chi connectivity index (χ0v) is 11.0. The lowest BCUT2D eigenvalue weighted by atomic mass is 9.84. The summed E-state index contributed by atoms with van der Waals surface area (Å²) < 4.78 is 77.4. The zero-order chi connectivity index (χ0) is 15.9. The smallest absolute Gasteiger partial charge is 0.373 e. The van der Waals surface area contributed by atoms with Gasteiger partial charge in [-0.15, -0.1) is 0 Å². The van der Waals surface area contributed by atoms with Crippen molar-refractivity contribution in [2.75, 3.05) is 0 Å². The first-order valence-electron chi connectivity index (χ1n) is 5.69. The third-order valence-electron chi connectivity index (χ3n) is 2.86. The normalized spacial score (nSPS) is 13.9. The van der Waals surface area contributed by atoms with Crippen molar-refractivity contribution in [3.63, 3.8) is 0 Å². The third kappa shape index (κ3) is 2.71. The molecule has 0 spiro atoms. The third-order valence-corrected chi connectivity index (χ3v) is 2.86. The van der Waals surface area contributed by atoms with Crippen molar-refractivity contribution in [2.24, 2.45) is 0 Å². The van der Waals surface area contributed by atoms with Gasteiger partial charge < -0.3 is 5.11 Å². The molecule has 0 radical (unpaired) electrons. The van der Waals surface area contributed by atoms with Crippen LogP contribution in [0.1, 0.15) is 31.9 Å². The van der Waals surface area contributed by atoms with Crippen LogP contribution in [-0.4, -0.2) is 17.5 Å². The van der Waals surface area contributed by atoms with E-state index in [0.717, 1.165) is 6.07 Å². The molecule has 0 saturated carbocycles. The first-order valence-corrected chi connectivity index (χ1v) is 5.69. The Hall–Kier alpha value is -1.40. The maximum Gasteiger partial charge on any atom is 0.373 e. The lowest BCUT2D eigenvalue weighted by Gasteiger charge is -2.28. The maximum absolute atomic E-state index is 13.6. The van der Waals surface area contributed by atoms with Gasteiger partial charge in [0.15, 0.2) is 0 Å². The Labute approximate surface area is 112 Å². The second-order valence-electron chi connectivity index (χ2n) is 5.48. The highest BCUT2D eigenvalue weighted by molar-refractivity contribution is 5.42. The minimum atomic E-state index is -5.49. The summed E-state index contributed by atoms with van der Waals surface area (Å²) in [4.78, 5) is 0. The van der Waals surface area contributed by atoms with E-state index < -0.39 is 29.2 Å². The van der Waals surface area contributed by atoms with Gasteiger partial charge in [0.2, 0.25) is 0 Å². The number of phenolic OH excluding ortho intramolecular Hbond substituents is 1. The SMILES string of the molecule is CC(C)(C)c1cc(C(F)(F)C(F)(F)C(F)F)ccc1O. The van der Waals surface area contributed by atoms with Crippen LogP contribution in [0.25, 0.3) is 0 Å². The topological polar surface area (TPSA) is 20.2 Å². The highest BCUT2D eigenvalue weighted by atomic mass is 19.3. The number of benzene rings is 1. The van der Waals surface area contributed by atoms with Gasteiger partial charge in [-0.05, 0) is 29.2 Å². The van der Waals surface area contributed by atoms with Gasteiger partial charge in [-0.25, -0.2) is 8.78 Å². The monoisotopic (exact) mass is 300 g/mol. The number of hydrogen-bond acceptors (Lipinski definition) is 1. The first kappa shape index (κ1) is 16.7. The van der Waals surface area contributed by atoms with E-state index in [9.17, 15) is 31.4 Å². The molecule has 1 rings (SSSR count). The van der Waals surface area contributed by atoms with Gasteiger partial charge in [-0.2, -0.15) is 17.6 Å². The van der Waals surface area contributed by atoms with E-state index in [1.165, 1.54) is 0 Å².